The molecule has 1 aliphatic heterocycles. The minimum atomic E-state index is -4.56. The molecule has 0 atom stereocenters. The summed E-state index contributed by atoms with van der Waals surface area (Å²) in [5.74, 6) is -4.72. The van der Waals surface area contributed by atoms with Gasteiger partial charge in [-0.05, 0) is 23.8 Å². The third-order valence-electron chi connectivity index (χ3n) is 6.05. The molecule has 0 bridgehead atoms. The van der Waals surface area contributed by atoms with Crippen LogP contribution in [0.3, 0.4) is 0 Å². The zero-order chi connectivity index (χ0) is 29.7. The van der Waals surface area contributed by atoms with Crippen LogP contribution in [0.1, 0.15) is 0 Å². The molecular formula is C23H19ClF3N7O5S2. The lowest BCUT2D eigenvalue weighted by Gasteiger charge is -2.37. The maximum Gasteiger partial charge on any atom is 0.268 e. The van der Waals surface area contributed by atoms with Gasteiger partial charge in [0.25, 0.3) is 10.0 Å². The Balaban J connectivity index is 1.46. The first kappa shape index (κ1) is 28.7. The Kier molecular flexibility index (Phi) is 7.39. The number of hydrogen-bond donors (Lipinski definition) is 2. The van der Waals surface area contributed by atoms with Gasteiger partial charge >= 0.3 is 0 Å². The van der Waals surface area contributed by atoms with Crippen LogP contribution in [0.2, 0.25) is 5.02 Å². The smallest absolute Gasteiger partial charge is 0.268 e. The quantitative estimate of drug-likeness (QED) is 0.297. The third kappa shape index (κ3) is 5.70. The second-order valence-corrected chi connectivity index (χ2v) is 13.0. The van der Waals surface area contributed by atoms with Crippen LogP contribution in [0.4, 0.5) is 24.9 Å². The lowest BCUT2D eigenvalue weighted by Crippen LogP contribution is -2.56. The predicted octanol–water partition coefficient (Wildman–Crippen LogP) is 3.02. The van der Waals surface area contributed by atoms with Crippen molar-refractivity contribution < 1.29 is 34.7 Å². The van der Waals surface area contributed by atoms with Gasteiger partial charge in [0.2, 0.25) is 21.9 Å². The Morgan fingerprint density at radius 2 is 1.73 bits per heavy atom. The Morgan fingerprint density at radius 3 is 2.41 bits per heavy atom. The highest BCUT2D eigenvalue weighted by Crippen LogP contribution is 2.34. The van der Waals surface area contributed by atoms with Gasteiger partial charge < -0.3 is 10.1 Å². The molecule has 2 N–H and O–H groups in total. The molecule has 3 aromatic heterocycles. The van der Waals surface area contributed by atoms with Gasteiger partial charge in [0.05, 0.1) is 36.2 Å². The number of anilines is 2. The summed E-state index contributed by atoms with van der Waals surface area (Å²) in [6.07, 6.45) is 4.03. The minimum Gasteiger partial charge on any atom is -0.480 e. The third-order valence-corrected chi connectivity index (χ3v) is 8.82. The number of ether oxygens (including phenoxy) is 1. The van der Waals surface area contributed by atoms with Crippen molar-refractivity contribution in [1.29, 1.82) is 0 Å². The number of pyridine rings is 2. The van der Waals surface area contributed by atoms with Crippen LogP contribution in [0.15, 0.2) is 41.7 Å². The number of nitrogens with zero attached hydrogens (tertiary/aromatic N) is 5. The van der Waals surface area contributed by atoms with Crippen LogP contribution < -0.4 is 14.8 Å². The zero-order valence-corrected chi connectivity index (χ0v) is 23.5. The molecule has 216 valence electrons. The molecule has 0 amide bonds. The molecule has 0 spiro atoms. The SMILES string of the molecule is COc1ncc(Cl)cc1S(=O)(=O)Nc1ncc(F)c(-c2cc(F)c3nc(NC4CN(S(C)(=O)=O)C4)ncc3c2)c1F. The summed E-state index contributed by atoms with van der Waals surface area (Å²) in [7, 11) is -6.72. The number of sulfonamides is 2. The second kappa shape index (κ2) is 10.6. The van der Waals surface area contributed by atoms with Crippen molar-refractivity contribution >= 4 is 54.3 Å². The predicted molar refractivity (Wildman–Crippen MR) is 143 cm³/mol. The van der Waals surface area contributed by atoms with Crippen molar-refractivity contribution in [2.24, 2.45) is 0 Å². The Bertz CT molecular complexity index is 1910. The highest BCUT2D eigenvalue weighted by molar-refractivity contribution is 7.92. The molecule has 4 aromatic rings. The van der Waals surface area contributed by atoms with Gasteiger partial charge in [0, 0.05) is 30.9 Å². The van der Waals surface area contributed by atoms with E-state index in [-0.39, 0.29) is 52.4 Å². The first-order valence-corrected chi connectivity index (χ1v) is 15.2. The lowest BCUT2D eigenvalue weighted by molar-refractivity contribution is 0.282. The van der Waals surface area contributed by atoms with Crippen molar-refractivity contribution in [3.63, 3.8) is 0 Å². The number of nitrogens with one attached hydrogen (secondary N) is 2. The molecule has 4 heterocycles. The van der Waals surface area contributed by atoms with E-state index in [2.05, 4.69) is 25.3 Å². The van der Waals surface area contributed by atoms with E-state index in [0.29, 0.717) is 6.20 Å². The summed E-state index contributed by atoms with van der Waals surface area (Å²) in [6.45, 7) is 0.379. The van der Waals surface area contributed by atoms with Crippen molar-refractivity contribution in [2.45, 2.75) is 10.9 Å². The van der Waals surface area contributed by atoms with Crippen molar-refractivity contribution in [3.8, 4) is 17.0 Å². The zero-order valence-electron chi connectivity index (χ0n) is 21.1. The number of halogens is 4. The molecular weight excluding hydrogens is 611 g/mol. The van der Waals surface area contributed by atoms with Gasteiger partial charge in [0.1, 0.15) is 11.3 Å². The normalized spacial score (nSPS) is 14.6. The summed E-state index contributed by atoms with van der Waals surface area (Å²) >= 11 is 5.85. The van der Waals surface area contributed by atoms with Gasteiger partial charge in [-0.3, -0.25) is 4.72 Å². The monoisotopic (exact) mass is 629 g/mol. The fraction of sp³-hybridized carbons (Fsp3) is 0.217. The van der Waals surface area contributed by atoms with Gasteiger partial charge in [-0.15, -0.1) is 0 Å². The van der Waals surface area contributed by atoms with Crippen molar-refractivity contribution in [3.05, 3.63) is 59.3 Å². The van der Waals surface area contributed by atoms with Crippen LogP contribution in [-0.2, 0) is 20.0 Å². The number of methoxy groups -OCH3 is 1. The van der Waals surface area contributed by atoms with Gasteiger partial charge in [0.15, 0.2) is 22.3 Å². The van der Waals surface area contributed by atoms with Crippen molar-refractivity contribution in [1.82, 2.24) is 24.2 Å². The topological polar surface area (TPSA) is 156 Å². The molecule has 0 aliphatic carbocycles. The number of rotatable bonds is 8. The van der Waals surface area contributed by atoms with Gasteiger partial charge in [-0.2, -0.15) is 4.31 Å². The summed E-state index contributed by atoms with van der Waals surface area (Å²) in [5, 5.41) is 2.95. The Hall–Kier alpha value is -3.80. The number of fused-ring (bicyclic) bond motifs is 1. The second-order valence-electron chi connectivity index (χ2n) is 8.92. The summed E-state index contributed by atoms with van der Waals surface area (Å²) < 4.78 is 102. The van der Waals surface area contributed by atoms with Crippen LogP contribution >= 0.6 is 11.6 Å². The van der Waals surface area contributed by atoms with E-state index in [9.17, 15) is 21.2 Å². The first-order valence-electron chi connectivity index (χ1n) is 11.5. The fourth-order valence-corrected chi connectivity index (χ4v) is 6.32. The maximum absolute atomic E-state index is 15.5. The Morgan fingerprint density at radius 1 is 1.00 bits per heavy atom. The molecule has 41 heavy (non-hydrogen) atoms. The molecule has 0 radical (unpaired) electrons. The van der Waals surface area contributed by atoms with Crippen LogP contribution in [0.5, 0.6) is 5.88 Å². The van der Waals surface area contributed by atoms with E-state index >= 15 is 8.78 Å². The molecule has 12 nitrogen and oxygen atoms in total. The summed E-state index contributed by atoms with van der Waals surface area (Å²) in [6, 6.07) is 2.79. The van der Waals surface area contributed by atoms with Crippen LogP contribution in [0, 0.1) is 17.5 Å². The molecule has 1 fully saturated rings. The molecule has 1 aliphatic rings. The highest BCUT2D eigenvalue weighted by Gasteiger charge is 2.33. The number of aromatic nitrogens is 4. The first-order chi connectivity index (χ1) is 19.3. The van der Waals surface area contributed by atoms with Crippen molar-refractivity contribution in [2.75, 3.05) is 36.5 Å². The minimum absolute atomic E-state index is 0.0335. The van der Waals surface area contributed by atoms with E-state index in [1.54, 1.807) is 0 Å². The van der Waals surface area contributed by atoms with Gasteiger partial charge in [-0.1, -0.05) is 11.6 Å². The lowest BCUT2D eigenvalue weighted by atomic mass is 10.0. The van der Waals surface area contributed by atoms with Gasteiger partial charge in [-0.25, -0.2) is 49.9 Å². The molecule has 1 aromatic carbocycles. The summed E-state index contributed by atoms with van der Waals surface area (Å²) in [4.78, 5) is 14.9. The largest absolute Gasteiger partial charge is 0.480 e. The average molecular weight is 630 g/mol. The van der Waals surface area contributed by atoms with Crippen LogP contribution in [0.25, 0.3) is 22.0 Å². The van der Waals surface area contributed by atoms with E-state index in [1.807, 2.05) is 4.72 Å². The van der Waals surface area contributed by atoms with E-state index < -0.39 is 53.8 Å². The van der Waals surface area contributed by atoms with E-state index in [1.165, 1.54) is 23.7 Å². The molecule has 5 rings (SSSR count). The number of benzene rings is 1. The van der Waals surface area contributed by atoms with E-state index in [4.69, 9.17) is 16.3 Å². The highest BCUT2D eigenvalue weighted by atomic mass is 35.5. The molecule has 0 saturated carbocycles. The van der Waals surface area contributed by atoms with E-state index in [0.717, 1.165) is 24.6 Å². The molecule has 1 saturated heterocycles. The maximum atomic E-state index is 15.5. The average Bonchev–Trinajstić information content (AvgIpc) is 2.87. The number of hydrogen-bond acceptors (Lipinski definition) is 10. The molecule has 18 heteroatoms. The standard InChI is InChI=1S/C23H19ClF3N7O5S2/c1-39-22-17(5-13(24)7-29-22)41(37,38)33-21-19(27)18(16(26)8-28-21)11-3-12-6-30-23(32-20(12)15(25)4-11)31-14-9-34(10-14)40(2,35)36/h3-8,14H,9-10H2,1-2H3,(H,28,33)(H,30,31,32). The fourth-order valence-electron chi connectivity index (χ4n) is 4.04. The molecule has 0 unspecified atom stereocenters. The summed E-state index contributed by atoms with van der Waals surface area (Å²) in [5.41, 5.74) is -1.20. The van der Waals surface area contributed by atoms with Crippen LogP contribution in [-0.4, -0.2) is 73.6 Å². The Labute approximate surface area is 236 Å².